The molecule has 0 unspecified atom stereocenters. The molecule has 0 fully saturated rings. The van der Waals surface area contributed by atoms with Gasteiger partial charge in [-0.15, -0.1) is 0 Å². The summed E-state index contributed by atoms with van der Waals surface area (Å²) in [6.45, 7) is 2.04. The van der Waals surface area contributed by atoms with Crippen LogP contribution < -0.4 is 10.2 Å². The van der Waals surface area contributed by atoms with Gasteiger partial charge in [0.25, 0.3) is 0 Å². The van der Waals surface area contributed by atoms with E-state index < -0.39 is 0 Å². The first-order valence-electron chi connectivity index (χ1n) is 7.45. The summed E-state index contributed by atoms with van der Waals surface area (Å²) in [6.07, 6.45) is 1.71. The number of pyridine rings is 2. The molecular weight excluding hydrogens is 288 g/mol. The van der Waals surface area contributed by atoms with E-state index in [9.17, 15) is 4.79 Å². The molecule has 4 nitrogen and oxygen atoms in total. The van der Waals surface area contributed by atoms with Crippen molar-refractivity contribution < 1.29 is 4.74 Å². The zero-order valence-electron chi connectivity index (χ0n) is 12.4. The molecule has 4 heteroatoms. The molecule has 4 aromatic rings. The van der Waals surface area contributed by atoms with Crippen LogP contribution >= 0.6 is 0 Å². The fourth-order valence-electron chi connectivity index (χ4n) is 3.26. The fraction of sp³-hybridized carbons (Fsp3) is 0.0526. The van der Waals surface area contributed by atoms with E-state index in [1.807, 2.05) is 47.9 Å². The van der Waals surface area contributed by atoms with Crippen LogP contribution in [0.1, 0.15) is 5.56 Å². The topological polar surface area (TPSA) is 44.1 Å². The molecule has 2 aromatic carbocycles. The molecule has 0 spiro atoms. The Hall–Kier alpha value is -3.14. The van der Waals surface area contributed by atoms with Crippen LogP contribution in [0.15, 0.2) is 59.5 Å². The molecule has 0 radical (unpaired) electrons. The van der Waals surface area contributed by atoms with E-state index in [0.29, 0.717) is 22.2 Å². The van der Waals surface area contributed by atoms with Crippen LogP contribution in [0.2, 0.25) is 0 Å². The summed E-state index contributed by atoms with van der Waals surface area (Å²) in [4.78, 5) is 17.3. The van der Waals surface area contributed by atoms with Crippen LogP contribution in [0, 0.1) is 6.92 Å². The molecule has 0 N–H and O–H groups in total. The second-order valence-corrected chi connectivity index (χ2v) is 5.76. The lowest BCUT2D eigenvalue weighted by Crippen LogP contribution is -2.15. The maximum Gasteiger partial charge on any atom is 0.199 e. The number of hydrogen-bond acceptors (Lipinski definition) is 3. The summed E-state index contributed by atoms with van der Waals surface area (Å²) in [7, 11) is 0. The third-order valence-electron chi connectivity index (χ3n) is 4.29. The third-order valence-corrected chi connectivity index (χ3v) is 4.29. The quantitative estimate of drug-likeness (QED) is 0.407. The number of rotatable bonds is 0. The van der Waals surface area contributed by atoms with Crippen molar-refractivity contribution in [3.05, 3.63) is 70.5 Å². The minimum absolute atomic E-state index is 0.0131. The predicted molar refractivity (Wildman–Crippen MR) is 89.7 cm³/mol. The normalized spacial score (nSPS) is 12.2. The van der Waals surface area contributed by atoms with Gasteiger partial charge in [-0.25, -0.2) is 4.98 Å². The number of fused-ring (bicyclic) bond motifs is 4. The van der Waals surface area contributed by atoms with Gasteiger partial charge in [0.2, 0.25) is 0 Å². The zero-order valence-corrected chi connectivity index (χ0v) is 12.4. The van der Waals surface area contributed by atoms with Crippen molar-refractivity contribution in [3.63, 3.8) is 0 Å². The minimum Gasteiger partial charge on any atom is -0.453 e. The number of para-hydroxylation sites is 1. The van der Waals surface area contributed by atoms with Gasteiger partial charge in [0.1, 0.15) is 11.2 Å². The average Bonchev–Trinajstić information content (AvgIpc) is 2.58. The monoisotopic (exact) mass is 300 g/mol. The van der Waals surface area contributed by atoms with Crippen LogP contribution in [-0.2, 0) is 0 Å². The van der Waals surface area contributed by atoms with Crippen molar-refractivity contribution in [1.82, 2.24) is 9.55 Å². The van der Waals surface area contributed by atoms with Gasteiger partial charge < -0.3 is 4.74 Å². The van der Waals surface area contributed by atoms with Crippen LogP contribution in [0.25, 0.3) is 27.6 Å². The van der Waals surface area contributed by atoms with Crippen LogP contribution in [0.5, 0.6) is 11.5 Å². The first kappa shape index (κ1) is 12.4. The van der Waals surface area contributed by atoms with Gasteiger partial charge in [-0.1, -0.05) is 12.1 Å². The highest BCUT2D eigenvalue weighted by atomic mass is 16.5. The molecule has 0 saturated heterocycles. The largest absolute Gasteiger partial charge is 0.453 e. The molecule has 1 aliphatic heterocycles. The second-order valence-electron chi connectivity index (χ2n) is 5.76. The number of aryl methyl sites for hydroxylation is 1. The Labute approximate surface area is 131 Å². The lowest BCUT2D eigenvalue weighted by molar-refractivity contribution is 0.475. The Morgan fingerprint density at radius 2 is 1.87 bits per heavy atom. The van der Waals surface area contributed by atoms with E-state index in [4.69, 9.17) is 4.74 Å². The van der Waals surface area contributed by atoms with Crippen molar-refractivity contribution in [3.8, 4) is 17.2 Å². The highest BCUT2D eigenvalue weighted by Gasteiger charge is 2.23. The van der Waals surface area contributed by atoms with Crippen molar-refractivity contribution in [1.29, 1.82) is 0 Å². The lowest BCUT2D eigenvalue weighted by atomic mass is 10.1. The highest BCUT2D eigenvalue weighted by molar-refractivity contribution is 5.98. The van der Waals surface area contributed by atoms with Gasteiger partial charge in [0.05, 0.1) is 16.5 Å². The summed E-state index contributed by atoms with van der Waals surface area (Å²) in [5, 5.41) is 1.27. The molecule has 0 bridgehead atoms. The van der Waals surface area contributed by atoms with Crippen molar-refractivity contribution in [2.75, 3.05) is 0 Å². The van der Waals surface area contributed by atoms with Crippen LogP contribution in [-0.4, -0.2) is 9.55 Å². The van der Waals surface area contributed by atoms with Gasteiger partial charge in [0, 0.05) is 6.20 Å². The molecule has 5 rings (SSSR count). The predicted octanol–water partition coefficient (Wildman–Crippen LogP) is 3.95. The summed E-state index contributed by atoms with van der Waals surface area (Å²) >= 11 is 0. The third kappa shape index (κ3) is 1.55. The van der Waals surface area contributed by atoms with Gasteiger partial charge >= 0.3 is 0 Å². The molecule has 0 atom stereocenters. The maximum absolute atomic E-state index is 12.8. The van der Waals surface area contributed by atoms with Crippen LogP contribution in [0.3, 0.4) is 0 Å². The molecule has 2 aromatic heterocycles. The second kappa shape index (κ2) is 4.20. The summed E-state index contributed by atoms with van der Waals surface area (Å²) < 4.78 is 8.06. The van der Waals surface area contributed by atoms with E-state index >= 15 is 0 Å². The van der Waals surface area contributed by atoms with Gasteiger partial charge in [-0.3, -0.25) is 9.36 Å². The first-order valence-corrected chi connectivity index (χ1v) is 7.45. The standard InChI is InChI=1S/C19H12N2O2/c1-11-7-8-15-14(10-11)21-17-12(4-2-6-16(17)23-15)18(22)13-5-3-9-20-19(13)21/h2-10H,1H3. The SMILES string of the molecule is Cc1ccc2c(c1)-n1c3ncccc3c(=O)c3cccc(c31)O2. The van der Waals surface area contributed by atoms with Crippen molar-refractivity contribution >= 4 is 21.9 Å². The summed E-state index contributed by atoms with van der Waals surface area (Å²) in [6, 6.07) is 15.2. The Balaban J connectivity index is 2.14. The van der Waals surface area contributed by atoms with E-state index in [-0.39, 0.29) is 5.43 Å². The smallest absolute Gasteiger partial charge is 0.199 e. The first-order chi connectivity index (χ1) is 11.2. The number of hydrogen-bond donors (Lipinski definition) is 0. The Bertz CT molecular complexity index is 1180. The summed E-state index contributed by atoms with van der Waals surface area (Å²) in [5.74, 6) is 1.45. The molecule has 3 heterocycles. The zero-order chi connectivity index (χ0) is 15.6. The maximum atomic E-state index is 12.8. The van der Waals surface area contributed by atoms with Crippen LogP contribution in [0.4, 0.5) is 0 Å². The number of benzene rings is 2. The Morgan fingerprint density at radius 3 is 2.78 bits per heavy atom. The molecule has 110 valence electrons. The average molecular weight is 300 g/mol. The molecule has 0 saturated carbocycles. The molecular formula is C19H12N2O2. The van der Waals surface area contributed by atoms with Gasteiger partial charge in [-0.05, 0) is 48.9 Å². The van der Waals surface area contributed by atoms with E-state index in [2.05, 4.69) is 11.1 Å². The minimum atomic E-state index is -0.0131. The number of ether oxygens (including phenoxy) is 1. The Morgan fingerprint density at radius 1 is 1.00 bits per heavy atom. The number of nitrogens with zero attached hydrogens (tertiary/aromatic N) is 2. The van der Waals surface area contributed by atoms with E-state index in [0.717, 1.165) is 22.5 Å². The van der Waals surface area contributed by atoms with E-state index in [1.54, 1.807) is 12.3 Å². The highest BCUT2D eigenvalue weighted by Crippen LogP contribution is 2.41. The molecule has 0 amide bonds. The molecule has 23 heavy (non-hydrogen) atoms. The fourth-order valence-corrected chi connectivity index (χ4v) is 3.26. The lowest BCUT2D eigenvalue weighted by Gasteiger charge is -2.24. The van der Waals surface area contributed by atoms with Gasteiger partial charge in [0.15, 0.2) is 16.9 Å². The number of aromatic nitrogens is 2. The summed E-state index contributed by atoms with van der Waals surface area (Å²) in [5.41, 5.74) is 3.47. The van der Waals surface area contributed by atoms with Gasteiger partial charge in [-0.2, -0.15) is 0 Å². The Kier molecular flexibility index (Phi) is 2.26. The van der Waals surface area contributed by atoms with Crippen molar-refractivity contribution in [2.24, 2.45) is 0 Å². The van der Waals surface area contributed by atoms with Crippen molar-refractivity contribution in [2.45, 2.75) is 6.92 Å². The molecule has 1 aliphatic rings. The molecule has 0 aliphatic carbocycles. The van der Waals surface area contributed by atoms with E-state index in [1.165, 1.54) is 0 Å².